The molecule has 1 saturated carbocycles. The van der Waals surface area contributed by atoms with E-state index in [1.165, 1.54) is 13.3 Å². The summed E-state index contributed by atoms with van der Waals surface area (Å²) in [5, 5.41) is 14.1. The third-order valence-corrected chi connectivity index (χ3v) is 14.0. The van der Waals surface area contributed by atoms with Crippen molar-refractivity contribution in [3.8, 4) is 0 Å². The molecule has 2 rings (SSSR count). The van der Waals surface area contributed by atoms with E-state index in [0.717, 1.165) is 31.2 Å². The van der Waals surface area contributed by atoms with Gasteiger partial charge in [0.15, 0.2) is 0 Å². The fraction of sp³-hybridized carbons (Fsp3) is 0.667. The van der Waals surface area contributed by atoms with Crippen LogP contribution in [0.25, 0.3) is 0 Å². The largest absolute Gasteiger partial charge is 0.502 e. The van der Waals surface area contributed by atoms with Crippen molar-refractivity contribution in [2.75, 3.05) is 0 Å². The Hall–Kier alpha value is -2.35. The van der Waals surface area contributed by atoms with E-state index < -0.39 is 38.4 Å². The van der Waals surface area contributed by atoms with Crippen LogP contribution in [0.1, 0.15) is 86.1 Å². The van der Waals surface area contributed by atoms with E-state index in [1.54, 1.807) is 0 Å². The van der Waals surface area contributed by atoms with Crippen LogP contribution >= 0.6 is 0 Å². The number of carbonyl (C=O) groups excluding carboxylic acids is 2. The summed E-state index contributed by atoms with van der Waals surface area (Å²) in [6.07, 6.45) is 5.24. The molecule has 3 N–H and O–H groups in total. The first-order valence-corrected chi connectivity index (χ1v) is 14.7. The molecule has 1 fully saturated rings. The Labute approximate surface area is 211 Å². The summed E-state index contributed by atoms with van der Waals surface area (Å²) in [7, 11) is -2.74. The van der Waals surface area contributed by atoms with Crippen molar-refractivity contribution in [1.82, 2.24) is 10.6 Å². The van der Waals surface area contributed by atoms with Gasteiger partial charge in [-0.2, -0.15) is 0 Å². The zero-order valence-electron chi connectivity index (χ0n) is 22.4. The van der Waals surface area contributed by atoms with Crippen molar-refractivity contribution in [3.05, 3.63) is 35.9 Å². The third kappa shape index (κ3) is 7.09. The maximum atomic E-state index is 13.5. The Bertz CT molecular complexity index is 856. The molecule has 1 aromatic carbocycles. The minimum Gasteiger partial charge on any atom is -0.502 e. The Morgan fingerprint density at radius 2 is 1.51 bits per heavy atom. The highest BCUT2D eigenvalue weighted by Gasteiger charge is 2.62. The molecule has 1 aliphatic carbocycles. The Morgan fingerprint density at radius 3 is 2.00 bits per heavy atom. The van der Waals surface area contributed by atoms with E-state index in [0.29, 0.717) is 5.54 Å². The van der Waals surface area contributed by atoms with Gasteiger partial charge in [0, 0.05) is 6.42 Å². The van der Waals surface area contributed by atoms with Crippen LogP contribution in [0.15, 0.2) is 30.3 Å². The molecular weight excluding hydrogens is 460 g/mol. The Kier molecular flexibility index (Phi) is 9.56. The van der Waals surface area contributed by atoms with Crippen LogP contribution in [0.3, 0.4) is 0 Å². The molecule has 1 aromatic rings. The van der Waals surface area contributed by atoms with Crippen molar-refractivity contribution >= 4 is 26.3 Å². The summed E-state index contributed by atoms with van der Waals surface area (Å²) in [6, 6.07) is 7.33. The van der Waals surface area contributed by atoms with Crippen molar-refractivity contribution < 1.29 is 23.9 Å². The molecule has 0 heterocycles. The van der Waals surface area contributed by atoms with E-state index >= 15 is 0 Å². The summed E-state index contributed by atoms with van der Waals surface area (Å²) < 4.78 is 6.57. The van der Waals surface area contributed by atoms with Crippen molar-refractivity contribution in [1.29, 1.82) is 0 Å². The normalized spacial score (nSPS) is 17.2. The highest BCUT2D eigenvalue weighted by Crippen LogP contribution is 2.60. The maximum Gasteiger partial charge on any atom is 0.394 e. The quantitative estimate of drug-likeness (QED) is 0.389. The molecule has 7 nitrogen and oxygen atoms in total. The number of carboxylic acids is 1. The van der Waals surface area contributed by atoms with Gasteiger partial charge in [-0.05, 0) is 40.9 Å². The standard InChI is InChI=1S/C27H44N2O5Si/c1-19(24(31)32)28-23(30)22(18-20-14-10-8-11-15-20)29-25(33)34-35(26(2,3)4,27(5,6)7)21-16-12-9-13-17-21/h8,10-11,14-15,19,21-22H,9,12-13,16-18H2,1-7H3,(H,28,30)(H,29,33)(H,31,32)/t19-,22-/m0/s1. The number of nitrogens with one attached hydrogen (secondary N) is 2. The zero-order chi connectivity index (χ0) is 26.4. The number of rotatable bonds is 8. The number of aliphatic carboxylic acids is 1. The lowest BCUT2D eigenvalue weighted by Gasteiger charge is -2.54. The van der Waals surface area contributed by atoms with E-state index in [2.05, 4.69) is 52.2 Å². The highest BCUT2D eigenvalue weighted by atomic mass is 28.4. The molecule has 35 heavy (non-hydrogen) atoms. The second kappa shape index (κ2) is 11.6. The third-order valence-electron chi connectivity index (χ3n) is 7.28. The van der Waals surface area contributed by atoms with Crippen LogP contribution < -0.4 is 10.6 Å². The second-order valence-electron chi connectivity index (χ2n) is 11.9. The van der Waals surface area contributed by atoms with E-state index in [-0.39, 0.29) is 16.5 Å². The molecule has 0 radical (unpaired) electrons. The van der Waals surface area contributed by atoms with Crippen molar-refractivity contribution in [2.24, 2.45) is 0 Å². The Morgan fingerprint density at radius 1 is 0.971 bits per heavy atom. The molecule has 0 saturated heterocycles. The summed E-state index contributed by atoms with van der Waals surface area (Å²) in [5.41, 5.74) is 1.20. The monoisotopic (exact) mass is 504 g/mol. The van der Waals surface area contributed by atoms with Gasteiger partial charge in [-0.3, -0.25) is 9.59 Å². The van der Waals surface area contributed by atoms with Gasteiger partial charge in [-0.15, -0.1) is 0 Å². The molecule has 2 atom stereocenters. The minimum absolute atomic E-state index is 0.209. The molecule has 0 aromatic heterocycles. The minimum atomic E-state index is -2.74. The van der Waals surface area contributed by atoms with Crippen LogP contribution in [0.4, 0.5) is 4.79 Å². The molecule has 2 amide bonds. The summed E-state index contributed by atoms with van der Waals surface area (Å²) >= 11 is 0. The topological polar surface area (TPSA) is 105 Å². The van der Waals surface area contributed by atoms with Crippen LogP contribution in [-0.2, 0) is 20.4 Å². The predicted molar refractivity (Wildman–Crippen MR) is 141 cm³/mol. The fourth-order valence-electron chi connectivity index (χ4n) is 6.00. The maximum absolute atomic E-state index is 13.5. The average molecular weight is 505 g/mol. The van der Waals surface area contributed by atoms with Gasteiger partial charge in [0.05, 0.1) is 0 Å². The number of carboxylic acid groups (broad SMARTS) is 1. The highest BCUT2D eigenvalue weighted by molar-refractivity contribution is 6.82. The van der Waals surface area contributed by atoms with E-state index in [9.17, 15) is 19.5 Å². The lowest BCUT2D eigenvalue weighted by molar-refractivity contribution is -0.141. The average Bonchev–Trinajstić information content (AvgIpc) is 2.76. The molecule has 0 bridgehead atoms. The second-order valence-corrected chi connectivity index (χ2v) is 17.4. The molecule has 1 aliphatic rings. The lowest BCUT2D eigenvalue weighted by Crippen LogP contribution is -2.61. The number of benzene rings is 1. The van der Waals surface area contributed by atoms with Gasteiger partial charge in [0.25, 0.3) is 8.32 Å². The van der Waals surface area contributed by atoms with Gasteiger partial charge < -0.3 is 20.2 Å². The smallest absolute Gasteiger partial charge is 0.394 e. The van der Waals surface area contributed by atoms with Gasteiger partial charge in [-0.25, -0.2) is 4.79 Å². The van der Waals surface area contributed by atoms with Gasteiger partial charge >= 0.3 is 12.1 Å². The summed E-state index contributed by atoms with van der Waals surface area (Å²) in [6.45, 7) is 14.5. The van der Waals surface area contributed by atoms with Crippen LogP contribution in [0, 0.1) is 0 Å². The van der Waals surface area contributed by atoms with Crippen molar-refractivity contribution in [3.63, 3.8) is 0 Å². The Balaban J connectivity index is 2.35. The van der Waals surface area contributed by atoms with Gasteiger partial charge in [-0.1, -0.05) is 91.1 Å². The number of hydrogen-bond acceptors (Lipinski definition) is 4. The number of hydrogen-bond donors (Lipinski definition) is 3. The number of carbonyl (C=O) groups is 3. The van der Waals surface area contributed by atoms with Crippen LogP contribution in [0.2, 0.25) is 15.6 Å². The van der Waals surface area contributed by atoms with Crippen LogP contribution in [-0.4, -0.2) is 43.5 Å². The first-order valence-electron chi connectivity index (χ1n) is 12.8. The molecule has 0 unspecified atom stereocenters. The first kappa shape index (κ1) is 28.9. The van der Waals surface area contributed by atoms with E-state index in [4.69, 9.17) is 4.43 Å². The van der Waals surface area contributed by atoms with Crippen LogP contribution in [0.5, 0.6) is 0 Å². The molecule has 0 aliphatic heterocycles. The first-order chi connectivity index (χ1) is 16.2. The summed E-state index contributed by atoms with van der Waals surface area (Å²) in [4.78, 5) is 37.9. The molecule has 0 spiro atoms. The fourth-order valence-corrected chi connectivity index (χ4v) is 13.1. The number of amides is 2. The molecule has 196 valence electrons. The van der Waals surface area contributed by atoms with E-state index in [1.807, 2.05) is 30.3 Å². The molecule has 8 heteroatoms. The lowest BCUT2D eigenvalue weighted by atomic mass is 10.00. The van der Waals surface area contributed by atoms with Crippen molar-refractivity contribution in [2.45, 2.75) is 115 Å². The van der Waals surface area contributed by atoms with Gasteiger partial charge in [0.2, 0.25) is 5.91 Å². The zero-order valence-corrected chi connectivity index (χ0v) is 23.4. The summed E-state index contributed by atoms with van der Waals surface area (Å²) in [5.74, 6) is -1.68. The van der Waals surface area contributed by atoms with Gasteiger partial charge in [0.1, 0.15) is 12.1 Å². The molecular formula is C27H44N2O5Si. The SMILES string of the molecule is C[C@H](NC(=O)[C@H](Cc1ccccc1)NC(=O)O[Si](C1CCCCC1)(C(C)(C)C)C(C)(C)C)C(=O)O. The predicted octanol–water partition coefficient (Wildman–Crippen LogP) is 5.79.